The van der Waals surface area contributed by atoms with Crippen LogP contribution in [0.25, 0.3) is 0 Å². The van der Waals surface area contributed by atoms with Gasteiger partial charge in [-0.2, -0.15) is 0 Å². The Morgan fingerprint density at radius 3 is 2.24 bits per heavy atom. The number of nitrogens with one attached hydrogen (secondary N) is 1. The predicted molar refractivity (Wildman–Crippen MR) is 223 cm³/mol. The molecule has 0 radical (unpaired) electrons. The highest BCUT2D eigenvalue weighted by atomic mass is 19.1. The van der Waals surface area contributed by atoms with E-state index in [-0.39, 0.29) is 23.8 Å². The third kappa shape index (κ3) is 7.92. The molecule has 1 N–H and O–H groups in total. The van der Waals surface area contributed by atoms with Gasteiger partial charge in [0.1, 0.15) is 23.3 Å². The average Bonchev–Trinajstić information content (AvgIpc) is 3.43. The van der Waals surface area contributed by atoms with Gasteiger partial charge >= 0.3 is 0 Å². The van der Waals surface area contributed by atoms with Crippen molar-refractivity contribution in [2.75, 3.05) is 80.7 Å². The Morgan fingerprint density at radius 1 is 0.931 bits per heavy atom. The predicted octanol–water partition coefficient (Wildman–Crippen LogP) is 6.93. The number of rotatable bonds is 10. The number of benzene rings is 3. The molecule has 7 rings (SSSR count). The van der Waals surface area contributed by atoms with Crippen LogP contribution in [0.5, 0.6) is 0 Å². The van der Waals surface area contributed by atoms with Crippen molar-refractivity contribution in [2.24, 2.45) is 4.99 Å². The van der Waals surface area contributed by atoms with E-state index in [4.69, 9.17) is 4.99 Å². The number of hydrogen-bond donors (Lipinski definition) is 1. The number of piperazine rings is 2. The molecule has 3 saturated heterocycles. The summed E-state index contributed by atoms with van der Waals surface area (Å²) in [4.78, 5) is 51.6. The minimum absolute atomic E-state index is 0.0284. The van der Waals surface area contributed by atoms with Crippen LogP contribution in [0.15, 0.2) is 89.9 Å². The summed E-state index contributed by atoms with van der Waals surface area (Å²) in [7, 11) is 1.80. The van der Waals surface area contributed by atoms with Crippen LogP contribution in [0.4, 0.5) is 35.9 Å². The van der Waals surface area contributed by atoms with Gasteiger partial charge < -0.3 is 14.7 Å². The first-order valence-electron chi connectivity index (χ1n) is 19.8. The number of carbonyl (C=O) groups excluding carboxylic acids is 3. The van der Waals surface area contributed by atoms with Gasteiger partial charge in [0.05, 0.1) is 17.3 Å². The van der Waals surface area contributed by atoms with Crippen molar-refractivity contribution in [1.29, 1.82) is 0 Å². The largest absolute Gasteiger partial charge is 0.374 e. The fourth-order valence-corrected chi connectivity index (χ4v) is 8.76. The van der Waals surface area contributed by atoms with E-state index < -0.39 is 35.2 Å². The van der Waals surface area contributed by atoms with Crippen molar-refractivity contribution in [2.45, 2.75) is 44.9 Å². The number of aliphatic imine (C=N–C) groups is 1. The summed E-state index contributed by atoms with van der Waals surface area (Å²) in [6.45, 7) is 15.5. The number of nitrogens with zero attached hydrogens (tertiary/aromatic N) is 6. The number of fused-ring (bicyclic) bond motifs is 1. The number of aldehydes is 1. The van der Waals surface area contributed by atoms with E-state index in [2.05, 4.69) is 63.5 Å². The molecule has 3 fully saturated rings. The topological polar surface area (TPSA) is 91.8 Å². The second kappa shape index (κ2) is 16.7. The lowest BCUT2D eigenvalue weighted by Crippen LogP contribution is -2.47. The maximum atomic E-state index is 15.3. The number of aryl methyl sites for hydroxylation is 1. The summed E-state index contributed by atoms with van der Waals surface area (Å²) in [5, 5.41) is 2.17. The van der Waals surface area contributed by atoms with Gasteiger partial charge in [0.25, 0.3) is 0 Å². The Labute approximate surface area is 338 Å². The minimum atomic E-state index is -1.05. The molecule has 4 aliphatic rings. The molecule has 4 aliphatic heterocycles. The first kappa shape index (κ1) is 40.5. The lowest BCUT2D eigenvalue weighted by atomic mass is 9.85. The van der Waals surface area contributed by atoms with Crippen LogP contribution in [0.3, 0.4) is 0 Å². The van der Waals surface area contributed by atoms with Crippen molar-refractivity contribution in [3.05, 3.63) is 119 Å². The summed E-state index contributed by atoms with van der Waals surface area (Å²) in [6.07, 6.45) is 5.66. The van der Waals surface area contributed by atoms with Crippen LogP contribution >= 0.6 is 0 Å². The molecule has 0 aromatic heterocycles. The quantitative estimate of drug-likeness (QED) is 0.134. The summed E-state index contributed by atoms with van der Waals surface area (Å²) in [5.74, 6) is -3.36. The smallest absolute Gasteiger partial charge is 0.234 e. The zero-order chi connectivity index (χ0) is 41.3. The lowest BCUT2D eigenvalue weighted by Gasteiger charge is -2.38. The third-order valence-electron chi connectivity index (χ3n) is 11.9. The zero-order valence-corrected chi connectivity index (χ0v) is 33.5. The first-order valence-corrected chi connectivity index (χ1v) is 19.8. The van der Waals surface area contributed by atoms with Crippen molar-refractivity contribution < 1.29 is 27.6 Å². The van der Waals surface area contributed by atoms with Gasteiger partial charge in [-0.25, -0.2) is 13.2 Å². The van der Waals surface area contributed by atoms with Crippen LogP contribution in [0.1, 0.15) is 59.7 Å². The fraction of sp³-hybridized carbons (Fsp3) is 0.378. The first-order chi connectivity index (χ1) is 27.8. The third-order valence-corrected chi connectivity index (χ3v) is 11.9. The van der Waals surface area contributed by atoms with Gasteiger partial charge in [-0.05, 0) is 86.4 Å². The molecule has 0 saturated carbocycles. The van der Waals surface area contributed by atoms with Crippen LogP contribution in [-0.4, -0.2) is 99.7 Å². The van der Waals surface area contributed by atoms with E-state index in [1.165, 1.54) is 24.3 Å². The standard InChI is InChI=1S/C45H50F3N7O3/c1-6-31(46)22-30(27-52-16-20-54(21-17-52)33-23-37(47)42(38(48)24-33)34-11-13-41(57)50-43(34)58)26-51-14-18-53(19-15-51)32-10-12-36-40(25-32)55(44(49-5)45(36,3)4)39-9-7-8-29(2)35(39)28-56/h6-10,12,22-25,27-28,34H,1,11,13-21,26H2,2-5H3,(H,50,57,58)/b30-27+,31-22+,49-44?. The molecule has 0 aliphatic carbocycles. The lowest BCUT2D eigenvalue weighted by molar-refractivity contribution is -0.134. The Balaban J connectivity index is 1.01. The number of amides is 2. The molecule has 10 nitrogen and oxygen atoms in total. The van der Waals surface area contributed by atoms with E-state index >= 15 is 8.78 Å². The number of halogens is 3. The molecule has 58 heavy (non-hydrogen) atoms. The van der Waals surface area contributed by atoms with Gasteiger partial charge in [0.2, 0.25) is 11.8 Å². The average molecular weight is 794 g/mol. The van der Waals surface area contributed by atoms with Gasteiger partial charge in [0, 0.05) is 106 Å². The Kier molecular flexibility index (Phi) is 11.6. The molecule has 1 atom stereocenters. The molecule has 4 heterocycles. The van der Waals surface area contributed by atoms with Crippen molar-refractivity contribution >= 4 is 46.7 Å². The van der Waals surface area contributed by atoms with Crippen LogP contribution in [0, 0.1) is 18.6 Å². The highest BCUT2D eigenvalue weighted by molar-refractivity contribution is 6.17. The highest BCUT2D eigenvalue weighted by Crippen LogP contribution is 2.48. The van der Waals surface area contributed by atoms with Gasteiger partial charge in [-0.1, -0.05) is 24.8 Å². The summed E-state index contributed by atoms with van der Waals surface area (Å²) >= 11 is 0. The Morgan fingerprint density at radius 2 is 1.60 bits per heavy atom. The molecular weight excluding hydrogens is 744 g/mol. The monoisotopic (exact) mass is 793 g/mol. The molecule has 0 spiro atoms. The molecule has 0 bridgehead atoms. The van der Waals surface area contributed by atoms with Gasteiger partial charge in [0.15, 0.2) is 6.29 Å². The maximum Gasteiger partial charge on any atom is 0.234 e. The van der Waals surface area contributed by atoms with Gasteiger partial charge in [-0.15, -0.1) is 0 Å². The summed E-state index contributed by atoms with van der Waals surface area (Å²) in [5.41, 5.74) is 6.08. The normalized spacial score (nSPS) is 21.1. The van der Waals surface area contributed by atoms with Crippen molar-refractivity contribution in [3.63, 3.8) is 0 Å². The highest BCUT2D eigenvalue weighted by Gasteiger charge is 2.43. The van der Waals surface area contributed by atoms with Crippen molar-refractivity contribution in [1.82, 2.24) is 15.1 Å². The number of carbonyl (C=O) groups is 3. The molecule has 304 valence electrons. The summed E-state index contributed by atoms with van der Waals surface area (Å²) < 4.78 is 45.2. The van der Waals surface area contributed by atoms with Crippen LogP contribution in [0.2, 0.25) is 0 Å². The molecule has 3 aromatic rings. The molecule has 1 unspecified atom stereocenters. The number of imide groups is 1. The van der Waals surface area contributed by atoms with Gasteiger partial charge in [-0.3, -0.25) is 34.5 Å². The van der Waals surface area contributed by atoms with E-state index in [1.807, 2.05) is 36.2 Å². The molecule has 3 aromatic carbocycles. The zero-order valence-electron chi connectivity index (χ0n) is 33.5. The fourth-order valence-electron chi connectivity index (χ4n) is 8.76. The number of anilines is 4. The SMILES string of the molecule is C=C/C(F)=C\C(=C/N1CCN(c2cc(F)c(C3CCC(=O)NC3=O)c(F)c2)CC1)CN1CCN(c2ccc3c(c2)N(c2cccc(C)c2C=O)C(=NC)C3(C)C)CC1. The second-order valence-corrected chi connectivity index (χ2v) is 15.9. The number of piperidine rings is 1. The minimum Gasteiger partial charge on any atom is -0.374 e. The second-order valence-electron chi connectivity index (χ2n) is 15.9. The van der Waals surface area contributed by atoms with E-state index in [0.717, 1.165) is 72.1 Å². The number of amidine groups is 1. The number of allylic oxidation sites excluding steroid dienone is 2. The Hall–Kier alpha value is -5.69. The van der Waals surface area contributed by atoms with E-state index in [1.54, 1.807) is 7.05 Å². The van der Waals surface area contributed by atoms with E-state index in [9.17, 15) is 18.8 Å². The number of hydrogen-bond acceptors (Lipinski definition) is 8. The molecule has 13 heteroatoms. The van der Waals surface area contributed by atoms with E-state index in [0.29, 0.717) is 44.0 Å². The maximum absolute atomic E-state index is 15.3. The molecular formula is C45H50F3N7O3. The van der Waals surface area contributed by atoms with Crippen LogP contribution < -0.4 is 20.0 Å². The van der Waals surface area contributed by atoms with Crippen molar-refractivity contribution in [3.8, 4) is 0 Å². The Bertz CT molecular complexity index is 2190. The summed E-state index contributed by atoms with van der Waals surface area (Å²) in [6, 6.07) is 14.9. The molecule has 2 amide bonds. The van der Waals surface area contributed by atoms with Crippen LogP contribution in [-0.2, 0) is 15.0 Å².